The minimum absolute atomic E-state index is 0.0962. The van der Waals surface area contributed by atoms with Crippen LogP contribution >= 0.6 is 11.8 Å². The number of aliphatic carboxylic acids is 1. The third-order valence-electron chi connectivity index (χ3n) is 3.89. The summed E-state index contributed by atoms with van der Waals surface area (Å²) in [4.78, 5) is 23.3. The highest BCUT2D eigenvalue weighted by Crippen LogP contribution is 2.31. The molecule has 1 heterocycles. The van der Waals surface area contributed by atoms with Crippen molar-refractivity contribution in [2.75, 3.05) is 11.5 Å². The molecule has 1 aliphatic rings. The highest BCUT2D eigenvalue weighted by atomic mass is 32.2. The molecule has 0 aromatic heterocycles. The lowest BCUT2D eigenvalue weighted by Gasteiger charge is -2.28. The molecule has 0 aromatic carbocycles. The van der Waals surface area contributed by atoms with E-state index in [1.807, 2.05) is 25.6 Å². The molecular formula is C13H23NO3S. The van der Waals surface area contributed by atoms with Crippen LogP contribution in [0.15, 0.2) is 0 Å². The van der Waals surface area contributed by atoms with Gasteiger partial charge in [0, 0.05) is 12.5 Å². The lowest BCUT2D eigenvalue weighted by atomic mass is 9.79. The van der Waals surface area contributed by atoms with Gasteiger partial charge in [-0.15, -0.1) is 0 Å². The van der Waals surface area contributed by atoms with Gasteiger partial charge >= 0.3 is 5.97 Å². The summed E-state index contributed by atoms with van der Waals surface area (Å²) in [6.45, 7) is 3.67. The maximum Gasteiger partial charge on any atom is 0.310 e. The number of hydrogen-bond donors (Lipinski definition) is 2. The molecule has 1 amide bonds. The molecule has 0 aromatic rings. The third-order valence-corrected chi connectivity index (χ3v) is 4.94. The van der Waals surface area contributed by atoms with Gasteiger partial charge in [0.05, 0.1) is 5.41 Å². The van der Waals surface area contributed by atoms with Crippen molar-refractivity contribution in [2.24, 2.45) is 5.41 Å². The molecule has 0 bridgehead atoms. The van der Waals surface area contributed by atoms with Crippen LogP contribution in [0.2, 0.25) is 0 Å². The minimum Gasteiger partial charge on any atom is -0.481 e. The molecular weight excluding hydrogens is 250 g/mol. The molecule has 1 saturated heterocycles. The molecule has 0 spiro atoms. The summed E-state index contributed by atoms with van der Waals surface area (Å²) in [6, 6.07) is 0.235. The van der Waals surface area contributed by atoms with E-state index in [4.69, 9.17) is 0 Å². The number of hydrogen-bond acceptors (Lipinski definition) is 3. The summed E-state index contributed by atoms with van der Waals surface area (Å²) in [6.07, 6.45) is 3.07. The summed E-state index contributed by atoms with van der Waals surface area (Å²) in [5, 5.41) is 12.3. The second-order valence-corrected chi connectivity index (χ2v) is 6.15. The SMILES string of the molecule is CCC(CC)(CC(=O)NC1CCSCC1)C(=O)O. The standard InChI is InChI=1S/C13H23NO3S/c1-3-13(4-2,12(16)17)9-11(15)14-10-5-7-18-8-6-10/h10H,3-9H2,1-2H3,(H,14,15)(H,16,17). The Labute approximate surface area is 113 Å². The fraction of sp³-hybridized carbons (Fsp3) is 0.846. The number of carboxylic acid groups (broad SMARTS) is 1. The quantitative estimate of drug-likeness (QED) is 0.779. The average Bonchev–Trinajstić information content (AvgIpc) is 2.37. The van der Waals surface area contributed by atoms with Crippen molar-refractivity contribution in [3.63, 3.8) is 0 Å². The van der Waals surface area contributed by atoms with Crippen LogP contribution in [0.3, 0.4) is 0 Å². The van der Waals surface area contributed by atoms with Gasteiger partial charge in [-0.1, -0.05) is 13.8 Å². The topological polar surface area (TPSA) is 66.4 Å². The number of amides is 1. The van der Waals surface area contributed by atoms with Gasteiger partial charge in [-0.25, -0.2) is 0 Å². The summed E-state index contributed by atoms with van der Waals surface area (Å²) in [5.41, 5.74) is -0.895. The fourth-order valence-electron chi connectivity index (χ4n) is 2.31. The Bertz CT molecular complexity index is 297. The Balaban J connectivity index is 2.53. The van der Waals surface area contributed by atoms with E-state index in [2.05, 4.69) is 5.32 Å². The van der Waals surface area contributed by atoms with Gasteiger partial charge < -0.3 is 10.4 Å². The number of carbonyl (C=O) groups is 2. The molecule has 0 radical (unpaired) electrons. The van der Waals surface area contributed by atoms with Crippen LogP contribution in [-0.2, 0) is 9.59 Å². The normalized spacial score (nSPS) is 17.4. The third kappa shape index (κ3) is 3.90. The van der Waals surface area contributed by atoms with Gasteiger partial charge in [-0.05, 0) is 37.2 Å². The van der Waals surface area contributed by atoms with E-state index < -0.39 is 11.4 Å². The van der Waals surface area contributed by atoms with Gasteiger partial charge in [0.25, 0.3) is 0 Å². The number of nitrogens with one attached hydrogen (secondary N) is 1. The molecule has 4 nitrogen and oxygen atoms in total. The number of rotatable bonds is 6. The first-order valence-electron chi connectivity index (χ1n) is 6.64. The van der Waals surface area contributed by atoms with E-state index in [0.717, 1.165) is 24.3 Å². The molecule has 18 heavy (non-hydrogen) atoms. The number of thioether (sulfide) groups is 1. The van der Waals surface area contributed by atoms with Crippen LogP contribution in [0.4, 0.5) is 0 Å². The van der Waals surface area contributed by atoms with Gasteiger partial charge in [0.15, 0.2) is 0 Å². The Morgan fingerprint density at radius 1 is 1.28 bits per heavy atom. The predicted molar refractivity (Wildman–Crippen MR) is 73.8 cm³/mol. The molecule has 2 N–H and O–H groups in total. The van der Waals surface area contributed by atoms with Gasteiger partial charge in [-0.3, -0.25) is 9.59 Å². The highest BCUT2D eigenvalue weighted by Gasteiger charge is 2.37. The van der Waals surface area contributed by atoms with Crippen LogP contribution in [0, 0.1) is 5.41 Å². The second kappa shape index (κ2) is 7.02. The van der Waals surface area contributed by atoms with Crippen LogP contribution in [0.25, 0.3) is 0 Å². The summed E-state index contributed by atoms with van der Waals surface area (Å²) in [5.74, 6) is 1.19. The molecule has 104 valence electrons. The van der Waals surface area contributed by atoms with E-state index in [1.165, 1.54) is 0 Å². The van der Waals surface area contributed by atoms with Gasteiger partial charge in [0.1, 0.15) is 0 Å². The van der Waals surface area contributed by atoms with E-state index in [0.29, 0.717) is 12.8 Å². The molecule has 0 unspecified atom stereocenters. The van der Waals surface area contributed by atoms with Gasteiger partial charge in [0.2, 0.25) is 5.91 Å². The van der Waals surface area contributed by atoms with Gasteiger partial charge in [-0.2, -0.15) is 11.8 Å². The van der Waals surface area contributed by atoms with Crippen molar-refractivity contribution in [1.82, 2.24) is 5.32 Å². The fourth-order valence-corrected chi connectivity index (χ4v) is 3.41. The van der Waals surface area contributed by atoms with E-state index in [9.17, 15) is 14.7 Å². The minimum atomic E-state index is -0.895. The molecule has 1 rings (SSSR count). The first kappa shape index (κ1) is 15.3. The maximum atomic E-state index is 12.0. The van der Waals surface area contributed by atoms with Crippen LogP contribution in [0.5, 0.6) is 0 Å². The molecule has 1 aliphatic heterocycles. The maximum absolute atomic E-state index is 12.0. The Hall–Kier alpha value is -0.710. The van der Waals surface area contributed by atoms with Crippen molar-refractivity contribution in [1.29, 1.82) is 0 Å². The average molecular weight is 273 g/mol. The summed E-state index contributed by atoms with van der Waals surface area (Å²) >= 11 is 1.91. The largest absolute Gasteiger partial charge is 0.481 e. The molecule has 0 aliphatic carbocycles. The van der Waals surface area contributed by atoms with Crippen molar-refractivity contribution in [3.8, 4) is 0 Å². The monoisotopic (exact) mass is 273 g/mol. The summed E-state index contributed by atoms with van der Waals surface area (Å²) < 4.78 is 0. The molecule has 1 fully saturated rings. The number of carbonyl (C=O) groups excluding carboxylic acids is 1. The zero-order chi connectivity index (χ0) is 13.6. The number of carboxylic acids is 1. The van der Waals surface area contributed by atoms with Crippen LogP contribution in [0.1, 0.15) is 46.0 Å². The van der Waals surface area contributed by atoms with Crippen LogP contribution in [-0.4, -0.2) is 34.5 Å². The Kier molecular flexibility index (Phi) is 5.99. The first-order chi connectivity index (χ1) is 8.54. The highest BCUT2D eigenvalue weighted by molar-refractivity contribution is 7.99. The molecule has 0 atom stereocenters. The smallest absolute Gasteiger partial charge is 0.310 e. The second-order valence-electron chi connectivity index (χ2n) is 4.92. The van der Waals surface area contributed by atoms with E-state index in [-0.39, 0.29) is 18.4 Å². The predicted octanol–water partition coefficient (Wildman–Crippen LogP) is 2.28. The molecule has 0 saturated carbocycles. The van der Waals surface area contributed by atoms with Crippen molar-refractivity contribution < 1.29 is 14.7 Å². The lowest BCUT2D eigenvalue weighted by molar-refractivity contribution is -0.152. The lowest BCUT2D eigenvalue weighted by Crippen LogP contribution is -2.42. The van der Waals surface area contributed by atoms with E-state index in [1.54, 1.807) is 0 Å². The van der Waals surface area contributed by atoms with Crippen LogP contribution < -0.4 is 5.32 Å². The Morgan fingerprint density at radius 3 is 2.28 bits per heavy atom. The molecule has 5 heteroatoms. The van der Waals surface area contributed by atoms with Crippen molar-refractivity contribution in [3.05, 3.63) is 0 Å². The first-order valence-corrected chi connectivity index (χ1v) is 7.80. The van der Waals surface area contributed by atoms with Crippen molar-refractivity contribution >= 4 is 23.6 Å². The van der Waals surface area contributed by atoms with Crippen molar-refractivity contribution in [2.45, 2.75) is 52.0 Å². The Morgan fingerprint density at radius 2 is 1.83 bits per heavy atom. The summed E-state index contributed by atoms with van der Waals surface area (Å²) in [7, 11) is 0. The zero-order valence-electron chi connectivity index (χ0n) is 11.2. The zero-order valence-corrected chi connectivity index (χ0v) is 12.0. The van der Waals surface area contributed by atoms with E-state index >= 15 is 0 Å².